The smallest absolute Gasteiger partial charge is 0.226 e. The quantitative estimate of drug-likeness (QED) is 0.821. The van der Waals surface area contributed by atoms with E-state index >= 15 is 0 Å². The van der Waals surface area contributed by atoms with Crippen molar-refractivity contribution in [1.29, 1.82) is 0 Å². The van der Waals surface area contributed by atoms with Gasteiger partial charge in [0.15, 0.2) is 0 Å². The molecular weight excluding hydrogens is 328 g/mol. The molecule has 3 nitrogen and oxygen atoms in total. The standard InChI is InChI=1S/C16H20Cl2FNO2/c1-8(2)15-10(4-5-22-15)16(21)20-9(3)11-6-14(19)13(18)7-12(11)17/h6-10,15H,4-5H2,1-3H3,(H,20,21)/t9-,10+,15+/m0/s1. The molecule has 1 amide bonds. The summed E-state index contributed by atoms with van der Waals surface area (Å²) in [6.45, 7) is 6.43. The average Bonchev–Trinajstić information content (AvgIpc) is 2.92. The predicted molar refractivity (Wildman–Crippen MR) is 85.7 cm³/mol. The van der Waals surface area contributed by atoms with Crippen LogP contribution >= 0.6 is 23.2 Å². The second-order valence-electron chi connectivity index (χ2n) is 5.99. The average molecular weight is 348 g/mol. The lowest BCUT2D eigenvalue weighted by Crippen LogP contribution is -2.38. The van der Waals surface area contributed by atoms with Crippen LogP contribution in [-0.2, 0) is 9.53 Å². The van der Waals surface area contributed by atoms with E-state index in [9.17, 15) is 9.18 Å². The highest BCUT2D eigenvalue weighted by Crippen LogP contribution is 2.31. The number of benzene rings is 1. The van der Waals surface area contributed by atoms with Crippen LogP contribution in [0.5, 0.6) is 0 Å². The van der Waals surface area contributed by atoms with E-state index in [0.29, 0.717) is 23.6 Å². The van der Waals surface area contributed by atoms with Gasteiger partial charge in [-0.1, -0.05) is 37.0 Å². The maximum absolute atomic E-state index is 13.6. The van der Waals surface area contributed by atoms with Crippen molar-refractivity contribution < 1.29 is 13.9 Å². The fourth-order valence-corrected chi connectivity index (χ4v) is 3.36. The number of ether oxygens (including phenoxy) is 1. The van der Waals surface area contributed by atoms with Crippen molar-refractivity contribution >= 4 is 29.1 Å². The fourth-order valence-electron chi connectivity index (χ4n) is 2.82. The lowest BCUT2D eigenvalue weighted by Gasteiger charge is -2.24. The molecule has 0 unspecified atom stereocenters. The summed E-state index contributed by atoms with van der Waals surface area (Å²) < 4.78 is 19.2. The molecule has 2 rings (SSSR count). The Morgan fingerprint density at radius 2 is 2.00 bits per heavy atom. The minimum atomic E-state index is -0.550. The topological polar surface area (TPSA) is 38.3 Å². The highest BCUT2D eigenvalue weighted by atomic mass is 35.5. The third-order valence-corrected chi connectivity index (χ3v) is 4.61. The number of halogens is 3. The van der Waals surface area contributed by atoms with E-state index in [2.05, 4.69) is 5.32 Å². The number of carbonyl (C=O) groups is 1. The molecule has 1 aromatic carbocycles. The number of carbonyl (C=O) groups excluding carboxylic acids is 1. The Bertz CT molecular complexity index is 565. The molecule has 122 valence electrons. The monoisotopic (exact) mass is 347 g/mol. The van der Waals surface area contributed by atoms with Gasteiger partial charge in [-0.25, -0.2) is 4.39 Å². The van der Waals surface area contributed by atoms with Gasteiger partial charge in [-0.2, -0.15) is 0 Å². The Morgan fingerprint density at radius 1 is 1.32 bits per heavy atom. The Hall–Kier alpha value is -0.840. The van der Waals surface area contributed by atoms with Crippen LogP contribution in [-0.4, -0.2) is 18.6 Å². The minimum absolute atomic E-state index is 0.0312. The lowest BCUT2D eigenvalue weighted by atomic mass is 9.92. The Kier molecular flexibility index (Phi) is 5.70. The first kappa shape index (κ1) is 17.5. The lowest BCUT2D eigenvalue weighted by molar-refractivity contribution is -0.128. The highest BCUT2D eigenvalue weighted by Gasteiger charge is 2.36. The van der Waals surface area contributed by atoms with Gasteiger partial charge in [-0.15, -0.1) is 0 Å². The molecular formula is C16H20Cl2FNO2. The minimum Gasteiger partial charge on any atom is -0.377 e. The van der Waals surface area contributed by atoms with Gasteiger partial charge in [0.1, 0.15) is 5.82 Å². The van der Waals surface area contributed by atoms with Crippen LogP contribution in [0.2, 0.25) is 10.0 Å². The molecule has 6 heteroatoms. The molecule has 1 saturated heterocycles. The highest BCUT2D eigenvalue weighted by molar-refractivity contribution is 6.35. The third kappa shape index (κ3) is 3.73. The first-order valence-corrected chi connectivity index (χ1v) is 8.13. The molecule has 0 bridgehead atoms. The zero-order chi connectivity index (χ0) is 16.4. The molecule has 0 aromatic heterocycles. The van der Waals surface area contributed by atoms with Gasteiger partial charge in [0.05, 0.1) is 23.1 Å². The van der Waals surface area contributed by atoms with Gasteiger partial charge in [0.2, 0.25) is 5.91 Å². The van der Waals surface area contributed by atoms with E-state index < -0.39 is 11.9 Å². The molecule has 3 atom stereocenters. The van der Waals surface area contributed by atoms with Gasteiger partial charge >= 0.3 is 0 Å². The Labute approximate surface area is 140 Å². The molecule has 1 fully saturated rings. The largest absolute Gasteiger partial charge is 0.377 e. The molecule has 1 N–H and O–H groups in total. The summed E-state index contributed by atoms with van der Waals surface area (Å²) in [7, 11) is 0. The number of hydrogen-bond donors (Lipinski definition) is 1. The molecule has 1 aliphatic heterocycles. The van der Waals surface area contributed by atoms with Crippen molar-refractivity contribution in [2.45, 2.75) is 39.3 Å². The van der Waals surface area contributed by atoms with Gasteiger partial charge in [-0.3, -0.25) is 4.79 Å². The molecule has 0 radical (unpaired) electrons. The maximum Gasteiger partial charge on any atom is 0.226 e. The van der Waals surface area contributed by atoms with Crippen LogP contribution in [0.15, 0.2) is 12.1 Å². The molecule has 1 heterocycles. The summed E-state index contributed by atoms with van der Waals surface area (Å²) in [4.78, 5) is 12.5. The summed E-state index contributed by atoms with van der Waals surface area (Å²) in [5, 5.41) is 3.20. The van der Waals surface area contributed by atoms with E-state index in [1.54, 1.807) is 6.92 Å². The third-order valence-electron chi connectivity index (χ3n) is 3.99. The zero-order valence-corrected chi connectivity index (χ0v) is 14.3. The van der Waals surface area contributed by atoms with Crippen molar-refractivity contribution in [1.82, 2.24) is 5.32 Å². The normalized spacial score (nSPS) is 22.9. The Balaban J connectivity index is 2.10. The van der Waals surface area contributed by atoms with E-state index in [1.165, 1.54) is 12.1 Å². The van der Waals surface area contributed by atoms with Gasteiger partial charge in [0.25, 0.3) is 0 Å². The second-order valence-corrected chi connectivity index (χ2v) is 6.81. The van der Waals surface area contributed by atoms with E-state index in [4.69, 9.17) is 27.9 Å². The molecule has 0 saturated carbocycles. The number of nitrogens with one attached hydrogen (secondary N) is 1. The fraction of sp³-hybridized carbons (Fsp3) is 0.562. The summed E-state index contributed by atoms with van der Waals surface area (Å²) in [6.07, 6.45) is 0.619. The summed E-state index contributed by atoms with van der Waals surface area (Å²) >= 11 is 11.8. The van der Waals surface area contributed by atoms with Gasteiger partial charge < -0.3 is 10.1 Å². The van der Waals surface area contributed by atoms with Crippen molar-refractivity contribution in [3.8, 4) is 0 Å². The van der Waals surface area contributed by atoms with Crippen molar-refractivity contribution in [3.05, 3.63) is 33.6 Å². The second kappa shape index (κ2) is 7.16. The SMILES string of the molecule is CC(C)[C@H]1OCC[C@H]1C(=O)N[C@@H](C)c1cc(F)c(Cl)cc1Cl. The number of amides is 1. The molecule has 0 spiro atoms. The van der Waals surface area contributed by atoms with Crippen molar-refractivity contribution in [2.75, 3.05) is 6.61 Å². The maximum atomic E-state index is 13.6. The van der Waals surface area contributed by atoms with Crippen molar-refractivity contribution in [3.63, 3.8) is 0 Å². The predicted octanol–water partition coefficient (Wildman–Crippen LogP) is 4.37. The van der Waals surface area contributed by atoms with Crippen LogP contribution in [0.25, 0.3) is 0 Å². The van der Waals surface area contributed by atoms with Crippen molar-refractivity contribution in [2.24, 2.45) is 11.8 Å². The molecule has 1 aliphatic rings. The van der Waals surface area contributed by atoms with Crippen LogP contribution in [0.3, 0.4) is 0 Å². The molecule has 0 aliphatic carbocycles. The Morgan fingerprint density at radius 3 is 2.64 bits per heavy atom. The van der Waals surface area contributed by atoms with Crippen LogP contribution in [0, 0.1) is 17.7 Å². The zero-order valence-electron chi connectivity index (χ0n) is 12.8. The van der Waals surface area contributed by atoms with E-state index in [1.807, 2.05) is 13.8 Å². The van der Waals surface area contributed by atoms with Crippen LogP contribution in [0.4, 0.5) is 4.39 Å². The number of hydrogen-bond acceptors (Lipinski definition) is 2. The summed E-state index contributed by atoms with van der Waals surface area (Å²) in [5.41, 5.74) is 0.511. The molecule has 1 aromatic rings. The van der Waals surface area contributed by atoms with E-state index in [0.717, 1.165) is 0 Å². The van der Waals surface area contributed by atoms with Gasteiger partial charge in [0, 0.05) is 11.6 Å². The van der Waals surface area contributed by atoms with E-state index in [-0.39, 0.29) is 28.9 Å². The summed E-state index contributed by atoms with van der Waals surface area (Å²) in [6, 6.07) is 2.22. The van der Waals surface area contributed by atoms with Crippen LogP contribution < -0.4 is 5.32 Å². The first-order chi connectivity index (χ1) is 10.3. The molecule has 22 heavy (non-hydrogen) atoms. The first-order valence-electron chi connectivity index (χ1n) is 7.37. The van der Waals surface area contributed by atoms with Crippen LogP contribution in [0.1, 0.15) is 38.8 Å². The van der Waals surface area contributed by atoms with Gasteiger partial charge in [-0.05, 0) is 37.0 Å². The number of rotatable bonds is 4. The summed E-state index contributed by atoms with van der Waals surface area (Å²) in [5.74, 6) is -0.551.